The molecule has 7 saturated carbocycles. The van der Waals surface area contributed by atoms with Crippen molar-refractivity contribution in [1.29, 1.82) is 0 Å². The van der Waals surface area contributed by atoms with Gasteiger partial charge in [-0.1, -0.05) is 175 Å². The largest absolute Gasteiger partial charge is 0.323 e. The van der Waals surface area contributed by atoms with Gasteiger partial charge in [-0.3, -0.25) is 0 Å². The molecule has 57 heavy (non-hydrogen) atoms. The van der Waals surface area contributed by atoms with Crippen molar-refractivity contribution in [3.8, 4) is 0 Å². The maximum Gasteiger partial charge on any atom is 0.0970 e. The van der Waals surface area contributed by atoms with Crippen LogP contribution in [0.1, 0.15) is 252 Å². The van der Waals surface area contributed by atoms with E-state index in [1.54, 1.807) is 32.1 Å². The fraction of sp³-hybridized carbons (Fsp3) is 0.964. The summed E-state index contributed by atoms with van der Waals surface area (Å²) in [6.07, 6.45) is 55.5. The second-order valence-electron chi connectivity index (χ2n) is 23.0. The van der Waals surface area contributed by atoms with E-state index < -0.39 is 7.14 Å². The summed E-state index contributed by atoms with van der Waals surface area (Å²) in [6.45, 7) is 10.1. The van der Waals surface area contributed by atoms with Crippen molar-refractivity contribution in [2.24, 2.45) is 64.6 Å². The van der Waals surface area contributed by atoms with Crippen LogP contribution >= 0.6 is 7.14 Å². The number of allylic oxidation sites excluding steroid dienone is 2. The minimum Gasteiger partial charge on any atom is -0.323 e. The Balaban J connectivity index is 1.11. The van der Waals surface area contributed by atoms with Crippen LogP contribution in [0.5, 0.6) is 0 Å². The van der Waals surface area contributed by atoms with Crippen molar-refractivity contribution in [3.05, 3.63) is 12.2 Å². The lowest BCUT2D eigenvalue weighted by atomic mass is 9.52. The highest BCUT2D eigenvalue weighted by Crippen LogP contribution is 2.72. The van der Waals surface area contributed by atoms with Gasteiger partial charge in [-0.05, 0) is 154 Å². The lowest BCUT2D eigenvalue weighted by molar-refractivity contribution is -0.0341. The number of rotatable bonds is 19. The van der Waals surface area contributed by atoms with E-state index in [0.29, 0.717) is 28.3 Å². The van der Waals surface area contributed by atoms with E-state index in [4.69, 9.17) is 0 Å². The van der Waals surface area contributed by atoms with Gasteiger partial charge in [0.25, 0.3) is 0 Å². The molecule has 0 aromatic heterocycles. The standard InChI is InChI=1S/C55H97OP/c1-5-7-9-11-13-23-37-55(38-24-14-12-10-8-6-2)51-39-42(3)31-35-49(51)54-50-41-44(33-36-48(50)43(4)40-52(54)55)32-34-45-25-21-22-30-53(45)57(56,46-26-17-15-18-27-46)47-28-19-16-20-29-47/h32,34,42-54H,5-31,33,35-41H2,1-4H3/b34-32+. The highest BCUT2D eigenvalue weighted by Gasteiger charge is 2.64. The molecule has 7 fully saturated rings. The third-order valence-corrected chi connectivity index (χ3v) is 24.7. The number of fused-ring (bicyclic) bond motifs is 5. The molecule has 7 aliphatic carbocycles. The summed E-state index contributed by atoms with van der Waals surface area (Å²) in [6, 6.07) is 0. The van der Waals surface area contributed by atoms with Crippen molar-refractivity contribution < 1.29 is 4.57 Å². The second-order valence-corrected chi connectivity index (χ2v) is 26.7. The molecular weight excluding hydrogens is 708 g/mol. The lowest BCUT2D eigenvalue weighted by Gasteiger charge is -2.53. The fourth-order valence-electron chi connectivity index (χ4n) is 17.0. The number of hydrogen-bond donors (Lipinski definition) is 0. The van der Waals surface area contributed by atoms with Crippen molar-refractivity contribution in [2.45, 2.75) is 269 Å². The monoisotopic (exact) mass is 805 g/mol. The summed E-state index contributed by atoms with van der Waals surface area (Å²) in [5, 5.41) is 0. The fourth-order valence-corrected chi connectivity index (χ4v) is 22.4. The normalized spacial score (nSPS) is 37.9. The summed E-state index contributed by atoms with van der Waals surface area (Å²) in [5.41, 5.74) is 2.27. The van der Waals surface area contributed by atoms with Crippen LogP contribution < -0.4 is 0 Å². The molecule has 328 valence electrons. The number of unbranched alkanes of at least 4 members (excludes halogenated alkanes) is 10. The first-order chi connectivity index (χ1) is 27.9. The molecule has 11 unspecified atom stereocenters. The van der Waals surface area contributed by atoms with Crippen molar-refractivity contribution >= 4 is 7.14 Å². The van der Waals surface area contributed by atoms with E-state index in [2.05, 4.69) is 39.8 Å². The molecule has 0 bridgehead atoms. The molecule has 11 atom stereocenters. The second kappa shape index (κ2) is 21.9. The van der Waals surface area contributed by atoms with E-state index in [1.807, 2.05) is 0 Å². The van der Waals surface area contributed by atoms with E-state index in [0.717, 1.165) is 53.3 Å². The zero-order valence-corrected chi connectivity index (χ0v) is 39.7. The van der Waals surface area contributed by atoms with Crippen molar-refractivity contribution in [3.63, 3.8) is 0 Å². The highest BCUT2D eigenvalue weighted by molar-refractivity contribution is 7.66. The molecule has 0 amide bonds. The van der Waals surface area contributed by atoms with Crippen LogP contribution in [-0.2, 0) is 4.57 Å². The molecule has 0 spiro atoms. The average molecular weight is 805 g/mol. The Morgan fingerprint density at radius 3 is 1.70 bits per heavy atom. The predicted molar refractivity (Wildman–Crippen MR) is 250 cm³/mol. The molecule has 0 heterocycles. The van der Waals surface area contributed by atoms with Crippen LogP contribution in [0.4, 0.5) is 0 Å². The quantitative estimate of drug-likeness (QED) is 0.0722. The van der Waals surface area contributed by atoms with Gasteiger partial charge in [0, 0.05) is 17.0 Å². The first-order valence-corrected chi connectivity index (χ1v) is 29.1. The van der Waals surface area contributed by atoms with E-state index in [1.165, 1.54) is 193 Å². The smallest absolute Gasteiger partial charge is 0.0970 e. The zero-order valence-electron chi connectivity index (χ0n) is 38.8. The van der Waals surface area contributed by atoms with Crippen LogP contribution in [0.15, 0.2) is 12.2 Å². The topological polar surface area (TPSA) is 17.1 Å². The number of hydrogen-bond acceptors (Lipinski definition) is 1. The Kier molecular flexibility index (Phi) is 17.3. The molecule has 7 aliphatic rings. The predicted octanol–water partition coefficient (Wildman–Crippen LogP) is 18.0. The van der Waals surface area contributed by atoms with Crippen LogP contribution in [0.3, 0.4) is 0 Å². The van der Waals surface area contributed by atoms with Crippen LogP contribution in [0, 0.1) is 64.6 Å². The van der Waals surface area contributed by atoms with Crippen LogP contribution in [0.25, 0.3) is 0 Å². The van der Waals surface area contributed by atoms with E-state index in [9.17, 15) is 0 Å². The molecule has 0 aromatic rings. The van der Waals surface area contributed by atoms with Gasteiger partial charge in [-0.25, -0.2) is 0 Å². The molecule has 0 aliphatic heterocycles. The Labute approximate surface area is 356 Å². The lowest BCUT2D eigenvalue weighted by Crippen LogP contribution is -2.45. The molecule has 0 N–H and O–H groups in total. The van der Waals surface area contributed by atoms with Gasteiger partial charge in [0.2, 0.25) is 0 Å². The molecule has 1 nitrogen and oxygen atoms in total. The summed E-state index contributed by atoms with van der Waals surface area (Å²) in [5.74, 6) is 9.24. The van der Waals surface area contributed by atoms with Gasteiger partial charge in [0.15, 0.2) is 0 Å². The third-order valence-electron chi connectivity index (χ3n) is 19.7. The Hall–Kier alpha value is -0.0300. The van der Waals surface area contributed by atoms with Gasteiger partial charge in [-0.2, -0.15) is 0 Å². The summed E-state index contributed by atoms with van der Waals surface area (Å²) in [7, 11) is -2.24. The summed E-state index contributed by atoms with van der Waals surface area (Å²) in [4.78, 5) is 0. The van der Waals surface area contributed by atoms with Crippen LogP contribution in [-0.4, -0.2) is 17.0 Å². The minimum atomic E-state index is -2.24. The Bertz CT molecular complexity index is 1200. The maximum atomic E-state index is 16.0. The highest BCUT2D eigenvalue weighted by atomic mass is 31.2. The SMILES string of the molecule is CCCCCCCCC1(CCCCCCCC)C2CC(C)CCC2C2C3CC(/C=C/C4CCCCC4P(=O)(C4CCCCC4)C4CCCCC4)CCC3C(C)CC21. The van der Waals surface area contributed by atoms with Gasteiger partial charge in [-0.15, -0.1) is 0 Å². The molecule has 0 aromatic carbocycles. The van der Waals surface area contributed by atoms with E-state index >= 15 is 4.57 Å². The molecule has 0 radical (unpaired) electrons. The Morgan fingerprint density at radius 2 is 1.07 bits per heavy atom. The van der Waals surface area contributed by atoms with Gasteiger partial charge in [0.1, 0.15) is 0 Å². The van der Waals surface area contributed by atoms with Crippen LogP contribution in [0.2, 0.25) is 0 Å². The average Bonchev–Trinajstić information content (AvgIpc) is 3.51. The third kappa shape index (κ3) is 10.3. The molecule has 0 saturated heterocycles. The zero-order chi connectivity index (χ0) is 39.7. The van der Waals surface area contributed by atoms with Crippen molar-refractivity contribution in [2.75, 3.05) is 0 Å². The van der Waals surface area contributed by atoms with Gasteiger partial charge in [0.05, 0.1) is 7.14 Å². The molecular formula is C55H97OP. The molecule has 7 rings (SSSR count). The van der Waals surface area contributed by atoms with E-state index in [-0.39, 0.29) is 0 Å². The molecule has 2 heteroatoms. The maximum absolute atomic E-state index is 16.0. The minimum absolute atomic E-state index is 0.508. The summed E-state index contributed by atoms with van der Waals surface area (Å²) >= 11 is 0. The van der Waals surface area contributed by atoms with Gasteiger partial charge >= 0.3 is 0 Å². The first-order valence-electron chi connectivity index (χ1n) is 27.2. The van der Waals surface area contributed by atoms with Crippen molar-refractivity contribution in [1.82, 2.24) is 0 Å². The first kappa shape index (κ1) is 45.0. The van der Waals surface area contributed by atoms with Gasteiger partial charge < -0.3 is 4.57 Å². The Morgan fingerprint density at radius 1 is 0.509 bits per heavy atom. The summed E-state index contributed by atoms with van der Waals surface area (Å²) < 4.78 is 16.0.